The number of benzene rings is 2. The van der Waals surface area contributed by atoms with Crippen LogP contribution in [0.25, 0.3) is 0 Å². The summed E-state index contributed by atoms with van der Waals surface area (Å²) in [7, 11) is 0. The topological polar surface area (TPSA) is 41.1 Å². The van der Waals surface area contributed by atoms with Gasteiger partial charge in [-0.3, -0.25) is 4.79 Å². The lowest BCUT2D eigenvalue weighted by molar-refractivity contribution is -0.120. The Morgan fingerprint density at radius 2 is 1.90 bits per heavy atom. The van der Waals surface area contributed by atoms with E-state index >= 15 is 0 Å². The van der Waals surface area contributed by atoms with Crippen LogP contribution in [0.1, 0.15) is 24.1 Å². The first-order valence-electron chi connectivity index (χ1n) is 6.94. The van der Waals surface area contributed by atoms with E-state index in [1.165, 1.54) is 0 Å². The molecule has 21 heavy (non-hydrogen) atoms. The second-order valence-electron chi connectivity index (χ2n) is 4.92. The minimum Gasteiger partial charge on any atom is -0.351 e. The third kappa shape index (κ3) is 5.33. The molecule has 0 aromatic heterocycles. The Kier molecular flexibility index (Phi) is 5.96. The first-order valence-corrected chi connectivity index (χ1v) is 7.74. The van der Waals surface area contributed by atoms with Crippen LogP contribution in [-0.4, -0.2) is 12.5 Å². The Bertz CT molecular complexity index is 586. The molecule has 3 nitrogen and oxygen atoms in total. The van der Waals surface area contributed by atoms with Gasteiger partial charge >= 0.3 is 0 Å². The molecule has 0 aliphatic carbocycles. The first-order chi connectivity index (χ1) is 10.1. The standard InChI is InChI=1S/C17H19BrN2O/c1-13(15-8-5-9-16(18)10-15)19-12-17(21)20-11-14-6-3-2-4-7-14/h2-10,13,19H,11-12H2,1H3,(H,20,21). The lowest BCUT2D eigenvalue weighted by Gasteiger charge is -2.14. The lowest BCUT2D eigenvalue weighted by atomic mass is 10.1. The number of carbonyl (C=O) groups is 1. The molecule has 0 saturated heterocycles. The maximum absolute atomic E-state index is 11.8. The highest BCUT2D eigenvalue weighted by Gasteiger charge is 2.07. The van der Waals surface area contributed by atoms with Crippen LogP contribution in [0.5, 0.6) is 0 Å². The van der Waals surface area contributed by atoms with Crippen LogP contribution in [0.4, 0.5) is 0 Å². The predicted molar refractivity (Wildman–Crippen MR) is 88.8 cm³/mol. The molecule has 0 spiro atoms. The normalized spacial score (nSPS) is 11.9. The Balaban J connectivity index is 1.76. The summed E-state index contributed by atoms with van der Waals surface area (Å²) in [5.41, 5.74) is 2.26. The van der Waals surface area contributed by atoms with Gasteiger partial charge in [-0.25, -0.2) is 0 Å². The number of amides is 1. The highest BCUT2D eigenvalue weighted by atomic mass is 79.9. The van der Waals surface area contributed by atoms with E-state index in [1.54, 1.807) is 0 Å². The molecule has 0 aliphatic heterocycles. The summed E-state index contributed by atoms with van der Waals surface area (Å²) in [4.78, 5) is 11.8. The summed E-state index contributed by atoms with van der Waals surface area (Å²) >= 11 is 3.45. The monoisotopic (exact) mass is 346 g/mol. The Labute approximate surface area is 133 Å². The van der Waals surface area contributed by atoms with Crippen molar-refractivity contribution in [3.05, 3.63) is 70.2 Å². The fraction of sp³-hybridized carbons (Fsp3) is 0.235. The van der Waals surface area contributed by atoms with Crippen molar-refractivity contribution in [3.63, 3.8) is 0 Å². The second-order valence-corrected chi connectivity index (χ2v) is 5.84. The van der Waals surface area contributed by atoms with Crippen molar-refractivity contribution in [2.24, 2.45) is 0 Å². The van der Waals surface area contributed by atoms with Crippen molar-refractivity contribution in [1.29, 1.82) is 0 Å². The smallest absolute Gasteiger partial charge is 0.234 e. The van der Waals surface area contributed by atoms with Gasteiger partial charge in [-0.1, -0.05) is 58.4 Å². The molecule has 0 radical (unpaired) electrons. The molecule has 110 valence electrons. The summed E-state index contributed by atoms with van der Waals surface area (Å²) in [6, 6.07) is 18.1. The van der Waals surface area contributed by atoms with Crippen LogP contribution in [0, 0.1) is 0 Å². The van der Waals surface area contributed by atoms with Crippen LogP contribution < -0.4 is 10.6 Å². The maximum Gasteiger partial charge on any atom is 0.234 e. The lowest BCUT2D eigenvalue weighted by Crippen LogP contribution is -2.34. The van der Waals surface area contributed by atoms with Crippen molar-refractivity contribution in [3.8, 4) is 0 Å². The van der Waals surface area contributed by atoms with E-state index in [0.717, 1.165) is 15.6 Å². The van der Waals surface area contributed by atoms with Crippen LogP contribution in [0.3, 0.4) is 0 Å². The van der Waals surface area contributed by atoms with Crippen molar-refractivity contribution in [2.75, 3.05) is 6.54 Å². The summed E-state index contributed by atoms with van der Waals surface area (Å²) in [6.07, 6.45) is 0. The van der Waals surface area contributed by atoms with Gasteiger partial charge in [-0.05, 0) is 30.2 Å². The molecule has 4 heteroatoms. The summed E-state index contributed by atoms with van der Waals surface area (Å²) in [6.45, 7) is 2.92. The largest absolute Gasteiger partial charge is 0.351 e. The number of hydrogen-bond acceptors (Lipinski definition) is 2. The molecular formula is C17H19BrN2O. The molecular weight excluding hydrogens is 328 g/mol. The zero-order valence-corrected chi connectivity index (χ0v) is 13.6. The SMILES string of the molecule is CC(NCC(=O)NCc1ccccc1)c1cccc(Br)c1. The van der Waals surface area contributed by atoms with Gasteiger partial charge < -0.3 is 10.6 Å². The summed E-state index contributed by atoms with van der Waals surface area (Å²) < 4.78 is 1.04. The third-order valence-corrected chi connectivity index (χ3v) is 3.74. The van der Waals surface area contributed by atoms with Crippen molar-refractivity contribution in [2.45, 2.75) is 19.5 Å². The molecule has 0 fully saturated rings. The zero-order chi connectivity index (χ0) is 15.1. The Morgan fingerprint density at radius 3 is 2.62 bits per heavy atom. The average Bonchev–Trinajstić information content (AvgIpc) is 2.51. The van der Waals surface area contributed by atoms with E-state index in [4.69, 9.17) is 0 Å². The van der Waals surface area contributed by atoms with Gasteiger partial charge in [0.15, 0.2) is 0 Å². The maximum atomic E-state index is 11.8. The molecule has 2 rings (SSSR count). The van der Waals surface area contributed by atoms with E-state index in [-0.39, 0.29) is 11.9 Å². The second kappa shape index (κ2) is 7.96. The minimum atomic E-state index is 0.000648. The fourth-order valence-corrected chi connectivity index (χ4v) is 2.42. The number of nitrogens with one attached hydrogen (secondary N) is 2. The predicted octanol–water partition coefficient (Wildman–Crippen LogP) is 3.42. The van der Waals surface area contributed by atoms with E-state index in [2.05, 4.69) is 32.6 Å². The molecule has 2 aromatic carbocycles. The molecule has 2 aromatic rings. The molecule has 0 saturated carbocycles. The van der Waals surface area contributed by atoms with E-state index in [1.807, 2.05) is 55.5 Å². The fourth-order valence-electron chi connectivity index (χ4n) is 2.00. The summed E-state index contributed by atoms with van der Waals surface area (Å²) in [5, 5.41) is 6.14. The number of carbonyl (C=O) groups excluding carboxylic acids is 1. The number of halogens is 1. The molecule has 0 aliphatic rings. The van der Waals surface area contributed by atoms with Crippen molar-refractivity contribution >= 4 is 21.8 Å². The van der Waals surface area contributed by atoms with Gasteiger partial charge in [-0.15, -0.1) is 0 Å². The van der Waals surface area contributed by atoms with Gasteiger partial charge in [0.2, 0.25) is 5.91 Å². The van der Waals surface area contributed by atoms with Crippen molar-refractivity contribution in [1.82, 2.24) is 10.6 Å². The van der Waals surface area contributed by atoms with Crippen LogP contribution in [0.2, 0.25) is 0 Å². The van der Waals surface area contributed by atoms with Gasteiger partial charge in [0.1, 0.15) is 0 Å². The Morgan fingerprint density at radius 1 is 1.14 bits per heavy atom. The number of rotatable bonds is 6. The molecule has 0 bridgehead atoms. The van der Waals surface area contributed by atoms with E-state index in [9.17, 15) is 4.79 Å². The molecule has 0 heterocycles. The Hall–Kier alpha value is -1.65. The molecule has 1 unspecified atom stereocenters. The minimum absolute atomic E-state index is 0.000648. The molecule has 2 N–H and O–H groups in total. The van der Waals surface area contributed by atoms with Gasteiger partial charge in [-0.2, -0.15) is 0 Å². The average molecular weight is 347 g/mol. The number of hydrogen-bond donors (Lipinski definition) is 2. The third-order valence-electron chi connectivity index (χ3n) is 3.25. The summed E-state index contributed by atoms with van der Waals surface area (Å²) in [5.74, 6) is 0.000648. The van der Waals surface area contributed by atoms with Gasteiger partial charge in [0, 0.05) is 17.1 Å². The first kappa shape index (κ1) is 15.7. The van der Waals surface area contributed by atoms with Gasteiger partial charge in [0.05, 0.1) is 6.54 Å². The highest BCUT2D eigenvalue weighted by molar-refractivity contribution is 9.10. The molecule has 1 atom stereocenters. The van der Waals surface area contributed by atoms with Crippen LogP contribution in [0.15, 0.2) is 59.1 Å². The molecule has 1 amide bonds. The van der Waals surface area contributed by atoms with Crippen LogP contribution >= 0.6 is 15.9 Å². The highest BCUT2D eigenvalue weighted by Crippen LogP contribution is 2.17. The quantitative estimate of drug-likeness (QED) is 0.841. The van der Waals surface area contributed by atoms with Crippen molar-refractivity contribution < 1.29 is 4.79 Å². The van der Waals surface area contributed by atoms with E-state index in [0.29, 0.717) is 13.1 Å². The van der Waals surface area contributed by atoms with Crippen LogP contribution in [-0.2, 0) is 11.3 Å². The van der Waals surface area contributed by atoms with E-state index < -0.39 is 0 Å². The zero-order valence-electron chi connectivity index (χ0n) is 12.0. The van der Waals surface area contributed by atoms with Gasteiger partial charge in [0.25, 0.3) is 0 Å².